The van der Waals surface area contributed by atoms with E-state index >= 15 is 0 Å². The molecule has 1 aromatic rings. The first kappa shape index (κ1) is 17.3. The molecule has 0 aliphatic carbocycles. The molecule has 4 rings (SSSR count). The van der Waals surface area contributed by atoms with Crippen molar-refractivity contribution >= 4 is 29.5 Å². The van der Waals surface area contributed by atoms with Gasteiger partial charge < -0.3 is 25.8 Å². The number of β-lactam (4-membered cyclic amide) rings is 1. The van der Waals surface area contributed by atoms with E-state index in [0.29, 0.717) is 25.2 Å². The largest absolute Gasteiger partial charge is 0.480 e. The Balaban J connectivity index is 1.49. The molecule has 4 N–H and O–H groups in total. The Morgan fingerprint density at radius 1 is 1.38 bits per heavy atom. The molecule has 9 heteroatoms. The summed E-state index contributed by atoms with van der Waals surface area (Å²) in [5.41, 5.74) is 6.63. The molecular formula is C17H19N3O5S. The number of fused-ring (bicyclic) bond motifs is 1. The zero-order valence-electron chi connectivity index (χ0n) is 13.8. The van der Waals surface area contributed by atoms with Gasteiger partial charge in [0, 0.05) is 6.61 Å². The molecule has 0 saturated carbocycles. The highest BCUT2D eigenvalue weighted by Crippen LogP contribution is 2.54. The van der Waals surface area contributed by atoms with Crippen LogP contribution >= 0.6 is 11.8 Å². The number of nitrogens with one attached hydrogen (secondary N) is 1. The van der Waals surface area contributed by atoms with Crippen LogP contribution in [0.2, 0.25) is 0 Å². The van der Waals surface area contributed by atoms with Crippen molar-refractivity contribution in [3.05, 3.63) is 35.9 Å². The number of rotatable bonds is 4. The van der Waals surface area contributed by atoms with E-state index in [0.717, 1.165) is 0 Å². The molecule has 138 valence electrons. The van der Waals surface area contributed by atoms with Crippen LogP contribution in [0, 0.1) is 0 Å². The number of thioether (sulfide) groups is 1. The third-order valence-corrected chi connectivity index (χ3v) is 6.96. The summed E-state index contributed by atoms with van der Waals surface area (Å²) >= 11 is 1.41. The molecule has 3 aliphatic rings. The Morgan fingerprint density at radius 2 is 2.12 bits per heavy atom. The summed E-state index contributed by atoms with van der Waals surface area (Å²) in [5, 5.41) is 11.9. The lowest BCUT2D eigenvalue weighted by atomic mass is 9.92. The van der Waals surface area contributed by atoms with E-state index in [9.17, 15) is 19.5 Å². The predicted molar refractivity (Wildman–Crippen MR) is 93.1 cm³/mol. The van der Waals surface area contributed by atoms with Crippen molar-refractivity contribution in [3.8, 4) is 0 Å². The van der Waals surface area contributed by atoms with Gasteiger partial charge in [0.15, 0.2) is 0 Å². The number of carboxylic acid groups (broad SMARTS) is 1. The summed E-state index contributed by atoms with van der Waals surface area (Å²) < 4.78 is 4.76. The van der Waals surface area contributed by atoms with Crippen LogP contribution in [0.3, 0.4) is 0 Å². The highest BCUT2D eigenvalue weighted by Gasteiger charge is 2.68. The Hall–Kier alpha value is -2.10. The molecule has 8 nitrogen and oxygen atoms in total. The van der Waals surface area contributed by atoms with Gasteiger partial charge in [0.2, 0.25) is 11.8 Å². The molecule has 0 aromatic heterocycles. The van der Waals surface area contributed by atoms with Crippen molar-refractivity contribution in [1.29, 1.82) is 0 Å². The average molecular weight is 377 g/mol. The molecule has 5 atom stereocenters. The summed E-state index contributed by atoms with van der Waals surface area (Å²) in [5.74, 6) is -1.87. The standard InChI is InChI=1S/C17H19N3O5S/c18-10(9-4-2-1-3-5-9)13(21)19-11-14(22)20-12(16(23)24)17(26-15(11)20)6-7-25-8-17/h1-5,10-12,15H,6-8,18H2,(H,19,21)(H,23,24)/t10?,11?,12?,15-,17?/m0/s1. The molecule has 4 unspecified atom stereocenters. The van der Waals surface area contributed by atoms with Crippen LogP contribution in [-0.4, -0.2) is 63.2 Å². The second-order valence-corrected chi connectivity index (χ2v) is 8.27. The van der Waals surface area contributed by atoms with E-state index in [1.165, 1.54) is 16.7 Å². The van der Waals surface area contributed by atoms with Crippen molar-refractivity contribution in [2.24, 2.45) is 5.73 Å². The van der Waals surface area contributed by atoms with Gasteiger partial charge in [0.25, 0.3) is 0 Å². The third-order valence-electron chi connectivity index (χ3n) is 5.20. The van der Waals surface area contributed by atoms with Crippen LogP contribution in [-0.2, 0) is 19.1 Å². The van der Waals surface area contributed by atoms with Crippen LogP contribution in [0.1, 0.15) is 18.0 Å². The van der Waals surface area contributed by atoms with Gasteiger partial charge in [-0.25, -0.2) is 4.79 Å². The highest BCUT2D eigenvalue weighted by molar-refractivity contribution is 8.01. The average Bonchev–Trinajstić information content (AvgIpc) is 3.23. The summed E-state index contributed by atoms with van der Waals surface area (Å²) in [6.07, 6.45) is 0.569. The zero-order valence-corrected chi connectivity index (χ0v) is 14.6. The molecular weight excluding hydrogens is 358 g/mol. The fraction of sp³-hybridized carbons (Fsp3) is 0.471. The van der Waals surface area contributed by atoms with E-state index in [1.807, 2.05) is 6.07 Å². The predicted octanol–water partition coefficient (Wildman–Crippen LogP) is -0.301. The molecule has 1 spiro atoms. The molecule has 2 amide bonds. The number of carbonyl (C=O) groups excluding carboxylic acids is 2. The number of carboxylic acids is 1. The van der Waals surface area contributed by atoms with Crippen molar-refractivity contribution in [2.75, 3.05) is 13.2 Å². The van der Waals surface area contributed by atoms with Gasteiger partial charge in [-0.2, -0.15) is 0 Å². The van der Waals surface area contributed by atoms with Crippen LogP contribution in [0.25, 0.3) is 0 Å². The van der Waals surface area contributed by atoms with E-state index in [1.54, 1.807) is 24.3 Å². The fourth-order valence-electron chi connectivity index (χ4n) is 3.85. The van der Waals surface area contributed by atoms with Gasteiger partial charge in [-0.1, -0.05) is 30.3 Å². The maximum Gasteiger partial charge on any atom is 0.328 e. The maximum atomic E-state index is 12.5. The molecule has 1 aromatic carbocycles. The van der Waals surface area contributed by atoms with Gasteiger partial charge in [-0.05, 0) is 12.0 Å². The highest BCUT2D eigenvalue weighted by atomic mass is 32.2. The summed E-state index contributed by atoms with van der Waals surface area (Å²) in [6.45, 7) is 0.764. The second-order valence-electron chi connectivity index (χ2n) is 6.74. The minimum absolute atomic E-state index is 0.291. The van der Waals surface area contributed by atoms with Crippen LogP contribution in [0.15, 0.2) is 30.3 Å². The molecule has 0 radical (unpaired) electrons. The number of carbonyl (C=O) groups is 3. The van der Waals surface area contributed by atoms with E-state index < -0.39 is 40.1 Å². The lowest BCUT2D eigenvalue weighted by Gasteiger charge is -2.43. The maximum absolute atomic E-state index is 12.5. The Labute approximate surface area is 154 Å². The topological polar surface area (TPSA) is 122 Å². The second kappa shape index (κ2) is 6.26. The first-order valence-corrected chi connectivity index (χ1v) is 9.24. The number of aliphatic carboxylic acids is 1. The van der Waals surface area contributed by atoms with Crippen molar-refractivity contribution in [3.63, 3.8) is 0 Å². The third kappa shape index (κ3) is 2.50. The normalized spacial score (nSPS) is 33.7. The van der Waals surface area contributed by atoms with Crippen molar-refractivity contribution in [2.45, 2.75) is 34.7 Å². The molecule has 0 bridgehead atoms. The minimum Gasteiger partial charge on any atom is -0.480 e. The summed E-state index contributed by atoms with van der Waals surface area (Å²) in [6, 6.07) is 6.31. The van der Waals surface area contributed by atoms with Crippen LogP contribution < -0.4 is 11.1 Å². The van der Waals surface area contributed by atoms with Crippen LogP contribution in [0.5, 0.6) is 0 Å². The number of ether oxygens (including phenoxy) is 1. The quantitative estimate of drug-likeness (QED) is 0.616. The molecule has 26 heavy (non-hydrogen) atoms. The van der Waals surface area contributed by atoms with Gasteiger partial charge in [-0.3, -0.25) is 9.59 Å². The van der Waals surface area contributed by atoms with Gasteiger partial charge in [-0.15, -0.1) is 11.8 Å². The van der Waals surface area contributed by atoms with E-state index in [-0.39, 0.29) is 5.91 Å². The zero-order chi connectivity index (χ0) is 18.5. The number of amides is 2. The Bertz CT molecular complexity index is 752. The molecule has 3 fully saturated rings. The lowest BCUT2D eigenvalue weighted by Crippen LogP contribution is -2.71. The van der Waals surface area contributed by atoms with Gasteiger partial charge in [0.1, 0.15) is 23.5 Å². The summed E-state index contributed by atoms with van der Waals surface area (Å²) in [4.78, 5) is 38.1. The first-order chi connectivity index (χ1) is 12.4. The van der Waals surface area contributed by atoms with Gasteiger partial charge in [0.05, 0.1) is 11.4 Å². The Kier molecular flexibility index (Phi) is 4.17. The fourth-order valence-corrected chi connectivity index (χ4v) is 5.68. The van der Waals surface area contributed by atoms with Gasteiger partial charge >= 0.3 is 5.97 Å². The number of nitrogens with two attached hydrogens (primary N) is 1. The molecule has 3 heterocycles. The van der Waals surface area contributed by atoms with E-state index in [2.05, 4.69) is 5.32 Å². The number of benzene rings is 1. The number of hydrogen-bond acceptors (Lipinski definition) is 6. The molecule has 3 aliphatic heterocycles. The van der Waals surface area contributed by atoms with Crippen LogP contribution in [0.4, 0.5) is 0 Å². The summed E-state index contributed by atoms with van der Waals surface area (Å²) in [7, 11) is 0. The molecule has 3 saturated heterocycles. The number of nitrogens with zero attached hydrogens (tertiary/aromatic N) is 1. The SMILES string of the molecule is NC(C(=O)NC1C(=O)N2C(C(=O)O)C3(CCOC3)S[C@@H]12)c1ccccc1. The first-order valence-electron chi connectivity index (χ1n) is 8.36. The number of hydrogen-bond donors (Lipinski definition) is 3. The van der Waals surface area contributed by atoms with Crippen molar-refractivity contribution in [1.82, 2.24) is 10.2 Å². The lowest BCUT2D eigenvalue weighted by molar-refractivity contribution is -0.161. The van der Waals surface area contributed by atoms with Crippen molar-refractivity contribution < 1.29 is 24.2 Å². The van der Waals surface area contributed by atoms with E-state index in [4.69, 9.17) is 10.5 Å². The Morgan fingerprint density at radius 3 is 2.73 bits per heavy atom. The smallest absolute Gasteiger partial charge is 0.328 e. The minimum atomic E-state index is -1.04. The monoisotopic (exact) mass is 377 g/mol.